The SMILES string of the molecule is CC(NC(=S)Nc1cccc(Cl)c1)C1CCCO1. The van der Waals surface area contributed by atoms with Crippen molar-refractivity contribution in [2.24, 2.45) is 0 Å². The Morgan fingerprint density at radius 2 is 2.39 bits per heavy atom. The maximum Gasteiger partial charge on any atom is 0.171 e. The zero-order valence-corrected chi connectivity index (χ0v) is 11.9. The van der Waals surface area contributed by atoms with Gasteiger partial charge in [0.25, 0.3) is 0 Å². The fraction of sp³-hybridized carbons (Fsp3) is 0.462. The van der Waals surface area contributed by atoms with Gasteiger partial charge in [-0.2, -0.15) is 0 Å². The Bertz CT molecular complexity index is 421. The third kappa shape index (κ3) is 3.83. The van der Waals surface area contributed by atoms with Crippen LogP contribution in [0.5, 0.6) is 0 Å². The molecule has 1 fully saturated rings. The first-order valence-corrected chi connectivity index (χ1v) is 6.88. The van der Waals surface area contributed by atoms with E-state index in [1.54, 1.807) is 0 Å². The van der Waals surface area contributed by atoms with Gasteiger partial charge in [-0.15, -0.1) is 0 Å². The molecular weight excluding hydrogens is 268 g/mol. The maximum atomic E-state index is 5.91. The van der Waals surface area contributed by atoms with Crippen LogP contribution in [0.2, 0.25) is 5.02 Å². The second kappa shape index (κ2) is 6.36. The van der Waals surface area contributed by atoms with E-state index in [9.17, 15) is 0 Å². The third-order valence-electron chi connectivity index (χ3n) is 2.96. The van der Waals surface area contributed by atoms with E-state index < -0.39 is 0 Å². The van der Waals surface area contributed by atoms with Crippen LogP contribution in [0.4, 0.5) is 5.69 Å². The molecule has 18 heavy (non-hydrogen) atoms. The Hall–Kier alpha value is -0.840. The summed E-state index contributed by atoms with van der Waals surface area (Å²) in [4.78, 5) is 0. The van der Waals surface area contributed by atoms with Crippen molar-refractivity contribution in [1.82, 2.24) is 5.32 Å². The second-order valence-electron chi connectivity index (χ2n) is 4.45. The predicted octanol–water partition coefficient (Wildman–Crippen LogP) is 3.19. The van der Waals surface area contributed by atoms with Gasteiger partial charge in [0.1, 0.15) is 0 Å². The number of halogens is 1. The summed E-state index contributed by atoms with van der Waals surface area (Å²) in [5.41, 5.74) is 0.888. The van der Waals surface area contributed by atoms with Crippen LogP contribution in [0, 0.1) is 0 Å². The lowest BCUT2D eigenvalue weighted by Gasteiger charge is -2.22. The predicted molar refractivity (Wildman–Crippen MR) is 79.2 cm³/mol. The molecule has 0 bridgehead atoms. The van der Waals surface area contributed by atoms with Crippen molar-refractivity contribution in [1.29, 1.82) is 0 Å². The van der Waals surface area contributed by atoms with Crippen LogP contribution in [0.1, 0.15) is 19.8 Å². The first kappa shape index (κ1) is 13.6. The average Bonchev–Trinajstić information content (AvgIpc) is 2.81. The molecule has 1 aromatic carbocycles. The molecule has 2 atom stereocenters. The van der Waals surface area contributed by atoms with Gasteiger partial charge < -0.3 is 15.4 Å². The Labute approximate surface area is 118 Å². The van der Waals surface area contributed by atoms with Gasteiger partial charge in [0, 0.05) is 17.3 Å². The molecule has 1 saturated heterocycles. The van der Waals surface area contributed by atoms with Gasteiger partial charge >= 0.3 is 0 Å². The van der Waals surface area contributed by atoms with E-state index in [1.807, 2.05) is 24.3 Å². The summed E-state index contributed by atoms with van der Waals surface area (Å²) in [5, 5.41) is 7.65. The first-order valence-electron chi connectivity index (χ1n) is 6.10. The number of ether oxygens (including phenoxy) is 1. The lowest BCUT2D eigenvalue weighted by Crippen LogP contribution is -2.42. The molecule has 2 N–H and O–H groups in total. The maximum absolute atomic E-state index is 5.91. The number of anilines is 1. The van der Waals surface area contributed by atoms with E-state index in [2.05, 4.69) is 17.6 Å². The zero-order valence-electron chi connectivity index (χ0n) is 10.3. The molecule has 0 spiro atoms. The fourth-order valence-corrected chi connectivity index (χ4v) is 2.52. The number of hydrogen-bond donors (Lipinski definition) is 2. The standard InChI is InChI=1S/C13H17ClN2OS/c1-9(12-6-3-7-17-12)15-13(18)16-11-5-2-4-10(14)8-11/h2,4-5,8-9,12H,3,6-7H2,1H3,(H2,15,16,18). The van der Waals surface area contributed by atoms with E-state index in [1.165, 1.54) is 0 Å². The Morgan fingerprint density at radius 3 is 3.06 bits per heavy atom. The smallest absolute Gasteiger partial charge is 0.171 e. The molecule has 0 radical (unpaired) electrons. The van der Waals surface area contributed by atoms with Gasteiger partial charge in [0.15, 0.2) is 5.11 Å². The Kier molecular flexibility index (Phi) is 4.80. The molecule has 2 rings (SSSR count). The highest BCUT2D eigenvalue weighted by Crippen LogP contribution is 2.17. The molecule has 5 heteroatoms. The zero-order chi connectivity index (χ0) is 13.0. The van der Waals surface area contributed by atoms with E-state index >= 15 is 0 Å². The molecule has 0 amide bonds. The highest BCUT2D eigenvalue weighted by molar-refractivity contribution is 7.80. The lowest BCUT2D eigenvalue weighted by atomic mass is 10.1. The number of nitrogens with one attached hydrogen (secondary N) is 2. The van der Waals surface area contributed by atoms with Gasteiger partial charge in [-0.25, -0.2) is 0 Å². The van der Waals surface area contributed by atoms with Crippen molar-refractivity contribution >= 4 is 34.6 Å². The highest BCUT2D eigenvalue weighted by Gasteiger charge is 2.22. The monoisotopic (exact) mass is 284 g/mol. The molecule has 98 valence electrons. The Morgan fingerprint density at radius 1 is 1.56 bits per heavy atom. The van der Waals surface area contributed by atoms with Gasteiger partial charge in [0.2, 0.25) is 0 Å². The van der Waals surface area contributed by atoms with Gasteiger partial charge in [-0.3, -0.25) is 0 Å². The summed E-state index contributed by atoms with van der Waals surface area (Å²) >= 11 is 11.2. The fourth-order valence-electron chi connectivity index (χ4n) is 2.03. The minimum Gasteiger partial charge on any atom is -0.376 e. The minimum absolute atomic E-state index is 0.215. The number of benzene rings is 1. The van der Waals surface area contributed by atoms with Crippen LogP contribution in [-0.4, -0.2) is 23.9 Å². The molecular formula is C13H17ClN2OS. The van der Waals surface area contributed by atoms with Crippen LogP contribution < -0.4 is 10.6 Å². The van der Waals surface area contributed by atoms with Crippen LogP contribution in [0.25, 0.3) is 0 Å². The molecule has 1 aliphatic heterocycles. The van der Waals surface area contributed by atoms with Gasteiger partial charge in [0.05, 0.1) is 12.1 Å². The number of thiocarbonyl (C=S) groups is 1. The minimum atomic E-state index is 0.215. The molecule has 1 aromatic rings. The summed E-state index contributed by atoms with van der Waals surface area (Å²) in [6.45, 7) is 2.94. The molecule has 0 aliphatic carbocycles. The van der Waals surface area contributed by atoms with Crippen molar-refractivity contribution in [3.63, 3.8) is 0 Å². The molecule has 1 aliphatic rings. The van der Waals surface area contributed by atoms with Crippen LogP contribution >= 0.6 is 23.8 Å². The van der Waals surface area contributed by atoms with Gasteiger partial charge in [-0.1, -0.05) is 17.7 Å². The third-order valence-corrected chi connectivity index (χ3v) is 3.42. The Balaban J connectivity index is 1.84. The lowest BCUT2D eigenvalue weighted by molar-refractivity contribution is 0.0895. The summed E-state index contributed by atoms with van der Waals surface area (Å²) in [6, 6.07) is 7.70. The van der Waals surface area contributed by atoms with Crippen molar-refractivity contribution in [2.45, 2.75) is 31.9 Å². The largest absolute Gasteiger partial charge is 0.376 e. The molecule has 0 aromatic heterocycles. The number of hydrogen-bond acceptors (Lipinski definition) is 2. The van der Waals surface area contributed by atoms with E-state index in [-0.39, 0.29) is 12.1 Å². The van der Waals surface area contributed by atoms with E-state index in [0.29, 0.717) is 10.1 Å². The summed E-state index contributed by atoms with van der Waals surface area (Å²) in [7, 11) is 0. The normalized spacial score (nSPS) is 20.4. The quantitative estimate of drug-likeness (QED) is 0.835. The van der Waals surface area contributed by atoms with E-state index in [0.717, 1.165) is 25.1 Å². The second-order valence-corrected chi connectivity index (χ2v) is 5.29. The molecule has 2 unspecified atom stereocenters. The number of rotatable bonds is 3. The molecule has 0 saturated carbocycles. The highest BCUT2D eigenvalue weighted by atomic mass is 35.5. The summed E-state index contributed by atoms with van der Waals surface area (Å²) in [5.74, 6) is 0. The topological polar surface area (TPSA) is 33.3 Å². The van der Waals surface area contributed by atoms with Crippen LogP contribution in [0.15, 0.2) is 24.3 Å². The average molecular weight is 285 g/mol. The van der Waals surface area contributed by atoms with Crippen molar-refractivity contribution < 1.29 is 4.74 Å². The summed E-state index contributed by atoms with van der Waals surface area (Å²) in [6.07, 6.45) is 2.48. The van der Waals surface area contributed by atoms with E-state index in [4.69, 9.17) is 28.6 Å². The summed E-state index contributed by atoms with van der Waals surface area (Å²) < 4.78 is 5.61. The van der Waals surface area contributed by atoms with Crippen molar-refractivity contribution in [2.75, 3.05) is 11.9 Å². The first-order chi connectivity index (χ1) is 8.65. The van der Waals surface area contributed by atoms with Gasteiger partial charge in [-0.05, 0) is 50.2 Å². The van der Waals surface area contributed by atoms with Crippen molar-refractivity contribution in [3.05, 3.63) is 29.3 Å². The molecule has 3 nitrogen and oxygen atoms in total. The van der Waals surface area contributed by atoms with Crippen molar-refractivity contribution in [3.8, 4) is 0 Å². The van der Waals surface area contributed by atoms with Crippen LogP contribution in [0.3, 0.4) is 0 Å². The molecule has 1 heterocycles. The van der Waals surface area contributed by atoms with Crippen LogP contribution in [-0.2, 0) is 4.74 Å².